The molecular formula is C12H8N2O3. The first-order valence-electron chi connectivity index (χ1n) is 5.02. The first-order chi connectivity index (χ1) is 8.29. The summed E-state index contributed by atoms with van der Waals surface area (Å²) >= 11 is 0. The van der Waals surface area contributed by atoms with Crippen LogP contribution < -0.4 is 11.0 Å². The Labute approximate surface area is 95.3 Å². The fraction of sp³-hybridized carbons (Fsp3) is 0. The lowest BCUT2D eigenvalue weighted by Gasteiger charge is -2.03. The van der Waals surface area contributed by atoms with Gasteiger partial charge < -0.3 is 4.42 Å². The number of nitrogens with one attached hydrogen (secondary N) is 1. The number of hydrogen-bond donors (Lipinski definition) is 2. The molecule has 0 bridgehead atoms. The Morgan fingerprint density at radius 1 is 1.12 bits per heavy atom. The van der Waals surface area contributed by atoms with Crippen LogP contribution >= 0.6 is 0 Å². The molecule has 0 saturated carbocycles. The highest BCUT2D eigenvalue weighted by Crippen LogP contribution is 2.24. The van der Waals surface area contributed by atoms with Crippen LogP contribution in [0.4, 0.5) is 6.01 Å². The van der Waals surface area contributed by atoms with E-state index in [-0.39, 0.29) is 6.01 Å². The lowest BCUT2D eigenvalue weighted by Crippen LogP contribution is -2.09. The Morgan fingerprint density at radius 3 is 2.76 bits per heavy atom. The van der Waals surface area contributed by atoms with Crippen molar-refractivity contribution < 1.29 is 9.62 Å². The number of nitrogens with zero attached hydrogens (tertiary/aromatic N) is 1. The molecule has 0 unspecified atom stereocenters. The average Bonchev–Trinajstić information content (AvgIpc) is 2.38. The summed E-state index contributed by atoms with van der Waals surface area (Å²) in [6.45, 7) is 0. The van der Waals surface area contributed by atoms with Crippen molar-refractivity contribution in [3.63, 3.8) is 0 Å². The van der Waals surface area contributed by atoms with Crippen LogP contribution in [0.2, 0.25) is 0 Å². The van der Waals surface area contributed by atoms with Gasteiger partial charge in [0.05, 0.1) is 5.39 Å². The smallest absolute Gasteiger partial charge is 0.322 e. The quantitative estimate of drug-likeness (QED) is 0.493. The molecule has 1 aromatic heterocycles. The fourth-order valence-corrected chi connectivity index (χ4v) is 1.84. The summed E-state index contributed by atoms with van der Waals surface area (Å²) in [5.74, 6) is 0. The molecule has 1 heterocycles. The molecule has 0 amide bonds. The number of fused-ring (bicyclic) bond motifs is 3. The van der Waals surface area contributed by atoms with E-state index in [0.717, 1.165) is 10.8 Å². The van der Waals surface area contributed by atoms with Crippen molar-refractivity contribution in [2.75, 3.05) is 5.48 Å². The molecule has 0 aliphatic heterocycles. The van der Waals surface area contributed by atoms with Crippen LogP contribution in [-0.4, -0.2) is 10.2 Å². The number of anilines is 1. The molecule has 3 aromatic rings. The Hall–Kier alpha value is -2.40. The predicted octanol–water partition coefficient (Wildman–Crippen LogP) is 2.14. The van der Waals surface area contributed by atoms with Crippen molar-refractivity contribution >= 4 is 27.8 Å². The number of hydrogen-bond acceptors (Lipinski definition) is 5. The summed E-state index contributed by atoms with van der Waals surface area (Å²) in [6.07, 6.45) is 0. The molecule has 5 nitrogen and oxygen atoms in total. The van der Waals surface area contributed by atoms with Gasteiger partial charge in [0.2, 0.25) is 0 Å². The summed E-state index contributed by atoms with van der Waals surface area (Å²) in [6, 6.07) is 10.8. The Morgan fingerprint density at radius 2 is 1.94 bits per heavy atom. The van der Waals surface area contributed by atoms with Gasteiger partial charge in [-0.05, 0) is 11.5 Å². The van der Waals surface area contributed by atoms with Crippen molar-refractivity contribution in [2.45, 2.75) is 0 Å². The van der Waals surface area contributed by atoms with E-state index < -0.39 is 5.56 Å². The van der Waals surface area contributed by atoms with Crippen LogP contribution in [0.1, 0.15) is 0 Å². The van der Waals surface area contributed by atoms with Gasteiger partial charge >= 0.3 is 6.01 Å². The van der Waals surface area contributed by atoms with E-state index in [0.29, 0.717) is 11.0 Å². The second-order valence-electron chi connectivity index (χ2n) is 3.60. The predicted molar refractivity (Wildman–Crippen MR) is 63.2 cm³/mol. The third-order valence-electron chi connectivity index (χ3n) is 2.61. The van der Waals surface area contributed by atoms with E-state index >= 15 is 0 Å². The summed E-state index contributed by atoms with van der Waals surface area (Å²) in [4.78, 5) is 15.2. The summed E-state index contributed by atoms with van der Waals surface area (Å²) in [5, 5.41) is 10.9. The molecule has 0 fully saturated rings. The van der Waals surface area contributed by atoms with Crippen molar-refractivity contribution in [2.24, 2.45) is 0 Å². The second kappa shape index (κ2) is 3.57. The molecule has 0 atom stereocenters. The fourth-order valence-electron chi connectivity index (χ4n) is 1.84. The normalized spacial score (nSPS) is 10.9. The van der Waals surface area contributed by atoms with Gasteiger partial charge in [0, 0.05) is 5.39 Å². The van der Waals surface area contributed by atoms with E-state index in [9.17, 15) is 4.79 Å². The highest BCUT2D eigenvalue weighted by atomic mass is 16.5. The van der Waals surface area contributed by atoms with E-state index in [1.807, 2.05) is 30.3 Å². The largest absolute Gasteiger partial charge is 0.423 e. The minimum atomic E-state index is -0.437. The van der Waals surface area contributed by atoms with Crippen molar-refractivity contribution in [1.82, 2.24) is 4.98 Å². The standard InChI is InChI=1S/C12H8N2O3/c15-11-9-6-5-7-3-1-2-4-8(7)10(9)17-12(13-11)14-16/h1-6,16H,(H,13,14,15). The Kier molecular flexibility index (Phi) is 2.06. The van der Waals surface area contributed by atoms with Gasteiger partial charge in [0.25, 0.3) is 5.56 Å². The molecule has 0 aliphatic carbocycles. The highest BCUT2D eigenvalue weighted by molar-refractivity contribution is 6.03. The van der Waals surface area contributed by atoms with Gasteiger partial charge in [-0.3, -0.25) is 10.0 Å². The van der Waals surface area contributed by atoms with Crippen LogP contribution in [0, 0.1) is 0 Å². The van der Waals surface area contributed by atoms with E-state index in [4.69, 9.17) is 9.62 Å². The van der Waals surface area contributed by atoms with Gasteiger partial charge in [0.1, 0.15) is 0 Å². The maximum Gasteiger partial charge on any atom is 0.322 e. The zero-order valence-electron chi connectivity index (χ0n) is 8.68. The van der Waals surface area contributed by atoms with Crippen LogP contribution in [0.25, 0.3) is 21.7 Å². The first kappa shape index (κ1) is 9.80. The topological polar surface area (TPSA) is 75.4 Å². The Balaban J connectivity index is 2.56. The summed E-state index contributed by atoms with van der Waals surface area (Å²) in [7, 11) is 0. The van der Waals surface area contributed by atoms with Crippen molar-refractivity contribution in [3.8, 4) is 0 Å². The van der Waals surface area contributed by atoms with Crippen LogP contribution in [0.5, 0.6) is 0 Å². The van der Waals surface area contributed by atoms with Crippen molar-refractivity contribution in [3.05, 3.63) is 46.8 Å². The van der Waals surface area contributed by atoms with Gasteiger partial charge in [-0.2, -0.15) is 4.98 Å². The van der Waals surface area contributed by atoms with Gasteiger partial charge in [-0.1, -0.05) is 30.3 Å². The lowest BCUT2D eigenvalue weighted by molar-refractivity contribution is 0.358. The molecule has 17 heavy (non-hydrogen) atoms. The average molecular weight is 228 g/mol. The maximum atomic E-state index is 11.7. The number of benzene rings is 2. The second-order valence-corrected chi connectivity index (χ2v) is 3.60. The lowest BCUT2D eigenvalue weighted by atomic mass is 10.1. The zero-order valence-corrected chi connectivity index (χ0v) is 8.68. The monoisotopic (exact) mass is 228 g/mol. The molecule has 2 N–H and O–H groups in total. The van der Waals surface area contributed by atoms with Crippen molar-refractivity contribution in [1.29, 1.82) is 0 Å². The molecule has 84 valence electrons. The zero-order chi connectivity index (χ0) is 11.8. The van der Waals surface area contributed by atoms with Gasteiger partial charge in [0.15, 0.2) is 5.58 Å². The third-order valence-corrected chi connectivity index (χ3v) is 2.61. The molecule has 0 spiro atoms. The molecule has 0 aliphatic rings. The highest BCUT2D eigenvalue weighted by Gasteiger charge is 2.08. The van der Waals surface area contributed by atoms with E-state index in [2.05, 4.69) is 4.98 Å². The molecule has 5 heteroatoms. The van der Waals surface area contributed by atoms with E-state index in [1.165, 1.54) is 0 Å². The Bertz CT molecular complexity index is 764. The molecule has 0 saturated heterocycles. The van der Waals surface area contributed by atoms with Gasteiger partial charge in [-0.15, -0.1) is 0 Å². The SMILES string of the molecule is O=c1nc(NO)oc2c1ccc1ccccc12. The minimum absolute atomic E-state index is 0.209. The maximum absolute atomic E-state index is 11.7. The minimum Gasteiger partial charge on any atom is -0.423 e. The first-order valence-corrected chi connectivity index (χ1v) is 5.02. The number of aromatic nitrogens is 1. The van der Waals surface area contributed by atoms with E-state index in [1.54, 1.807) is 11.5 Å². The number of rotatable bonds is 1. The molecule has 3 rings (SSSR count). The van der Waals surface area contributed by atoms with Crippen LogP contribution in [-0.2, 0) is 0 Å². The molecule has 0 radical (unpaired) electrons. The third kappa shape index (κ3) is 1.44. The van der Waals surface area contributed by atoms with Crippen LogP contribution in [0.15, 0.2) is 45.6 Å². The molecule has 2 aromatic carbocycles. The summed E-state index contributed by atoms with van der Waals surface area (Å²) in [5.41, 5.74) is 1.73. The molecular weight excluding hydrogens is 220 g/mol. The summed E-state index contributed by atoms with van der Waals surface area (Å²) < 4.78 is 5.33. The van der Waals surface area contributed by atoms with Crippen LogP contribution in [0.3, 0.4) is 0 Å². The van der Waals surface area contributed by atoms with Gasteiger partial charge in [-0.25, -0.2) is 5.48 Å².